The third-order valence-corrected chi connectivity index (χ3v) is 3.64. The Hall–Kier alpha value is -0.610. The molecule has 0 aromatic heterocycles. The van der Waals surface area contributed by atoms with Crippen molar-refractivity contribution in [2.24, 2.45) is 5.92 Å². The van der Waals surface area contributed by atoms with Gasteiger partial charge in [0.1, 0.15) is 0 Å². The van der Waals surface area contributed by atoms with Crippen LogP contribution in [-0.4, -0.2) is 59.6 Å². The van der Waals surface area contributed by atoms with Gasteiger partial charge in [0.25, 0.3) is 0 Å². The molecule has 0 bridgehead atoms. The summed E-state index contributed by atoms with van der Waals surface area (Å²) in [4.78, 5) is 15.3. The molecule has 1 atom stereocenters. The molecule has 2 aliphatic rings. The molecule has 15 heavy (non-hydrogen) atoms. The lowest BCUT2D eigenvalue weighted by Gasteiger charge is -2.49. The molecule has 4 heteroatoms. The van der Waals surface area contributed by atoms with E-state index in [2.05, 4.69) is 4.90 Å². The normalized spacial score (nSPS) is 26.9. The quantitative estimate of drug-likeness (QED) is 0.711. The van der Waals surface area contributed by atoms with E-state index in [9.17, 15) is 9.90 Å². The number of nitrogens with zero attached hydrogens (tertiary/aromatic N) is 2. The van der Waals surface area contributed by atoms with Crippen LogP contribution in [0.3, 0.4) is 0 Å². The summed E-state index contributed by atoms with van der Waals surface area (Å²) in [6.07, 6.45) is 2.31. The largest absolute Gasteiger partial charge is 0.387 e. The molecule has 1 aliphatic heterocycles. The van der Waals surface area contributed by atoms with Crippen molar-refractivity contribution < 1.29 is 9.90 Å². The summed E-state index contributed by atoms with van der Waals surface area (Å²) in [6.45, 7) is 3.24. The zero-order chi connectivity index (χ0) is 11.2. The van der Waals surface area contributed by atoms with E-state index in [1.165, 1.54) is 0 Å². The van der Waals surface area contributed by atoms with E-state index >= 15 is 0 Å². The van der Waals surface area contributed by atoms with Crippen LogP contribution in [0.1, 0.15) is 19.8 Å². The molecule has 0 aromatic carbocycles. The predicted octanol–water partition coefficient (Wildman–Crippen LogP) is -0.0802. The first-order valence-electron chi connectivity index (χ1n) is 5.61. The average Bonchev–Trinajstić information content (AvgIpc) is 2.93. The van der Waals surface area contributed by atoms with Crippen molar-refractivity contribution in [3.8, 4) is 0 Å². The van der Waals surface area contributed by atoms with Crippen LogP contribution in [-0.2, 0) is 4.79 Å². The molecule has 0 radical (unpaired) electrons. The van der Waals surface area contributed by atoms with E-state index in [0.29, 0.717) is 19.0 Å². The maximum absolute atomic E-state index is 11.7. The minimum absolute atomic E-state index is 0.0981. The zero-order valence-electron chi connectivity index (χ0n) is 9.73. The molecule has 2 rings (SSSR count). The van der Waals surface area contributed by atoms with Crippen molar-refractivity contribution in [3.05, 3.63) is 0 Å². The Kier molecular flexibility index (Phi) is 2.51. The lowest BCUT2D eigenvalue weighted by molar-refractivity contribution is -0.153. The van der Waals surface area contributed by atoms with Crippen LogP contribution in [0, 0.1) is 5.92 Å². The molecule has 1 heterocycles. The Balaban J connectivity index is 1.85. The summed E-state index contributed by atoms with van der Waals surface area (Å²) in [5.74, 6) is 0.614. The first-order chi connectivity index (χ1) is 6.94. The number of carbonyl (C=O) groups is 1. The van der Waals surface area contributed by atoms with Crippen LogP contribution in [0.2, 0.25) is 0 Å². The van der Waals surface area contributed by atoms with Gasteiger partial charge in [-0.15, -0.1) is 0 Å². The fourth-order valence-electron chi connectivity index (χ4n) is 2.34. The minimum Gasteiger partial charge on any atom is -0.387 e. The Morgan fingerprint density at radius 3 is 2.40 bits per heavy atom. The van der Waals surface area contributed by atoms with Crippen molar-refractivity contribution in [1.82, 2.24) is 9.80 Å². The number of hydrogen-bond donors (Lipinski definition) is 1. The van der Waals surface area contributed by atoms with Crippen molar-refractivity contribution in [1.29, 1.82) is 0 Å². The molecule has 1 amide bonds. The van der Waals surface area contributed by atoms with Gasteiger partial charge in [-0.2, -0.15) is 0 Å². The third kappa shape index (κ3) is 1.88. The number of carbonyl (C=O) groups excluding carboxylic acids is 1. The average molecular weight is 212 g/mol. The minimum atomic E-state index is -0.485. The molecule has 1 N–H and O–H groups in total. The standard InChI is InChI=1S/C11H20N2O2/c1-8(10(14)12(2)3)13-6-11(15,7-13)9-4-5-9/h8-9,15H,4-7H2,1-3H3. The van der Waals surface area contributed by atoms with Crippen LogP contribution in [0.4, 0.5) is 0 Å². The van der Waals surface area contributed by atoms with E-state index in [1.54, 1.807) is 19.0 Å². The van der Waals surface area contributed by atoms with Gasteiger partial charge >= 0.3 is 0 Å². The Morgan fingerprint density at radius 1 is 1.47 bits per heavy atom. The summed E-state index contributed by atoms with van der Waals surface area (Å²) < 4.78 is 0. The molecule has 1 saturated carbocycles. The fraction of sp³-hybridized carbons (Fsp3) is 0.909. The molecule has 1 saturated heterocycles. The molecule has 0 spiro atoms. The van der Waals surface area contributed by atoms with Crippen molar-refractivity contribution in [3.63, 3.8) is 0 Å². The zero-order valence-corrected chi connectivity index (χ0v) is 9.73. The van der Waals surface area contributed by atoms with Crippen molar-refractivity contribution >= 4 is 5.91 Å². The number of amides is 1. The number of likely N-dealkylation sites (tertiary alicyclic amines) is 1. The first kappa shape index (κ1) is 10.9. The highest BCUT2D eigenvalue weighted by molar-refractivity contribution is 5.81. The fourth-order valence-corrected chi connectivity index (χ4v) is 2.34. The van der Waals surface area contributed by atoms with E-state index in [1.807, 2.05) is 6.92 Å². The molecule has 0 aromatic rings. The summed E-state index contributed by atoms with van der Waals surface area (Å²) in [5, 5.41) is 10.1. The molecule has 86 valence electrons. The maximum Gasteiger partial charge on any atom is 0.239 e. The van der Waals surface area contributed by atoms with Gasteiger partial charge in [-0.25, -0.2) is 0 Å². The first-order valence-corrected chi connectivity index (χ1v) is 5.61. The third-order valence-electron chi connectivity index (χ3n) is 3.64. The maximum atomic E-state index is 11.7. The monoisotopic (exact) mass is 212 g/mol. The highest BCUT2D eigenvalue weighted by Gasteiger charge is 2.53. The topological polar surface area (TPSA) is 43.8 Å². The number of likely N-dealkylation sites (N-methyl/N-ethyl adjacent to an activating group) is 1. The van der Waals surface area contributed by atoms with E-state index < -0.39 is 5.60 Å². The van der Waals surface area contributed by atoms with Gasteiger partial charge in [0.2, 0.25) is 5.91 Å². The number of hydrogen-bond acceptors (Lipinski definition) is 3. The van der Waals surface area contributed by atoms with Crippen LogP contribution in [0.5, 0.6) is 0 Å². The SMILES string of the molecule is CC(C(=O)N(C)C)N1CC(O)(C2CC2)C1. The van der Waals surface area contributed by atoms with Gasteiger partial charge in [0.15, 0.2) is 0 Å². The second-order valence-electron chi connectivity index (χ2n) is 5.19. The van der Waals surface area contributed by atoms with Gasteiger partial charge in [-0.05, 0) is 25.7 Å². The molecule has 2 fully saturated rings. The van der Waals surface area contributed by atoms with Crippen LogP contribution >= 0.6 is 0 Å². The highest BCUT2D eigenvalue weighted by atomic mass is 16.3. The number of β-amino-alcohol motifs (C(OH)–C–C–N with tert-alkyl or cyclic N) is 1. The van der Waals surface area contributed by atoms with E-state index in [0.717, 1.165) is 12.8 Å². The van der Waals surface area contributed by atoms with Gasteiger partial charge in [-0.3, -0.25) is 9.69 Å². The van der Waals surface area contributed by atoms with Gasteiger partial charge in [0, 0.05) is 27.2 Å². The van der Waals surface area contributed by atoms with Gasteiger partial charge < -0.3 is 10.0 Å². The Morgan fingerprint density at radius 2 is 2.00 bits per heavy atom. The number of aliphatic hydroxyl groups is 1. The van der Waals surface area contributed by atoms with Crippen LogP contribution < -0.4 is 0 Å². The van der Waals surface area contributed by atoms with Crippen molar-refractivity contribution in [2.45, 2.75) is 31.4 Å². The predicted molar refractivity (Wildman–Crippen MR) is 57.4 cm³/mol. The molecule has 1 aliphatic carbocycles. The Bertz CT molecular complexity index is 268. The highest BCUT2D eigenvalue weighted by Crippen LogP contribution is 2.44. The van der Waals surface area contributed by atoms with E-state index in [4.69, 9.17) is 0 Å². The summed E-state index contributed by atoms with van der Waals surface area (Å²) in [7, 11) is 3.54. The molecular weight excluding hydrogens is 192 g/mol. The van der Waals surface area contributed by atoms with Crippen LogP contribution in [0.25, 0.3) is 0 Å². The van der Waals surface area contributed by atoms with Crippen LogP contribution in [0.15, 0.2) is 0 Å². The number of rotatable bonds is 3. The molecular formula is C11H20N2O2. The summed E-state index contributed by atoms with van der Waals surface area (Å²) >= 11 is 0. The summed E-state index contributed by atoms with van der Waals surface area (Å²) in [6, 6.07) is -0.0981. The van der Waals surface area contributed by atoms with Gasteiger partial charge in [0.05, 0.1) is 11.6 Å². The summed E-state index contributed by atoms with van der Waals surface area (Å²) in [5.41, 5.74) is -0.485. The van der Waals surface area contributed by atoms with E-state index in [-0.39, 0.29) is 11.9 Å². The van der Waals surface area contributed by atoms with Crippen molar-refractivity contribution in [2.75, 3.05) is 27.2 Å². The second kappa shape index (κ2) is 3.46. The molecule has 4 nitrogen and oxygen atoms in total. The lowest BCUT2D eigenvalue weighted by atomic mass is 9.87. The lowest BCUT2D eigenvalue weighted by Crippen LogP contribution is -2.67. The second-order valence-corrected chi connectivity index (χ2v) is 5.19. The molecule has 1 unspecified atom stereocenters. The smallest absolute Gasteiger partial charge is 0.239 e. The Labute approximate surface area is 90.9 Å². The van der Waals surface area contributed by atoms with Gasteiger partial charge in [-0.1, -0.05) is 0 Å².